The highest BCUT2D eigenvalue weighted by Gasteiger charge is 2.34. The first-order chi connectivity index (χ1) is 11.4. The second-order valence-electron chi connectivity index (χ2n) is 6.09. The monoisotopic (exact) mass is 344 g/mol. The van der Waals surface area contributed by atoms with Gasteiger partial charge in [-0.3, -0.25) is 4.79 Å². The van der Waals surface area contributed by atoms with Crippen LogP contribution in [0.5, 0.6) is 0 Å². The van der Waals surface area contributed by atoms with E-state index in [1.165, 1.54) is 0 Å². The number of piperidine rings is 1. The zero-order valence-corrected chi connectivity index (χ0v) is 13.1. The molecular weight excluding hydrogens is 325 g/mol. The smallest absolute Gasteiger partial charge is 0.381 e. The van der Waals surface area contributed by atoms with E-state index in [1.807, 2.05) is 0 Å². The SMILES string of the molecule is O=C(NC1CCN(c2cc(C(F)(F)F)ncn2)CC1)[C@@H]1CCOC1. The second kappa shape index (κ2) is 6.92. The number of carbonyl (C=O) groups is 1. The van der Waals surface area contributed by atoms with Gasteiger partial charge in [0.15, 0.2) is 0 Å². The minimum absolute atomic E-state index is 0.00680. The molecule has 0 unspecified atom stereocenters. The zero-order chi connectivity index (χ0) is 17.2. The first kappa shape index (κ1) is 16.9. The third-order valence-corrected chi connectivity index (χ3v) is 4.41. The molecule has 2 saturated heterocycles. The van der Waals surface area contributed by atoms with E-state index < -0.39 is 11.9 Å². The van der Waals surface area contributed by atoms with Gasteiger partial charge >= 0.3 is 6.18 Å². The minimum Gasteiger partial charge on any atom is -0.381 e. The number of rotatable bonds is 3. The van der Waals surface area contributed by atoms with Gasteiger partial charge in [-0.25, -0.2) is 9.97 Å². The molecule has 1 atom stereocenters. The molecule has 132 valence electrons. The number of aromatic nitrogens is 2. The number of ether oxygens (including phenoxy) is 1. The fourth-order valence-corrected chi connectivity index (χ4v) is 2.99. The number of hydrogen-bond donors (Lipinski definition) is 1. The fourth-order valence-electron chi connectivity index (χ4n) is 2.99. The highest BCUT2D eigenvalue weighted by Crippen LogP contribution is 2.29. The van der Waals surface area contributed by atoms with Gasteiger partial charge in [-0.1, -0.05) is 0 Å². The average molecular weight is 344 g/mol. The Balaban J connectivity index is 1.54. The summed E-state index contributed by atoms with van der Waals surface area (Å²) >= 11 is 0. The number of alkyl halides is 3. The fraction of sp³-hybridized carbons (Fsp3) is 0.667. The Kier molecular flexibility index (Phi) is 4.88. The molecule has 1 aromatic heterocycles. The molecule has 0 spiro atoms. The molecule has 2 aliphatic rings. The second-order valence-corrected chi connectivity index (χ2v) is 6.09. The summed E-state index contributed by atoms with van der Waals surface area (Å²) in [4.78, 5) is 21.1. The van der Waals surface area contributed by atoms with Crippen LogP contribution in [0.25, 0.3) is 0 Å². The largest absolute Gasteiger partial charge is 0.433 e. The van der Waals surface area contributed by atoms with Crippen molar-refractivity contribution in [3.05, 3.63) is 18.1 Å². The highest BCUT2D eigenvalue weighted by molar-refractivity contribution is 5.79. The Morgan fingerprint density at radius 1 is 1.25 bits per heavy atom. The predicted octanol–water partition coefficient (Wildman–Crippen LogP) is 1.62. The van der Waals surface area contributed by atoms with Crippen LogP contribution in [0.4, 0.5) is 19.0 Å². The predicted molar refractivity (Wildman–Crippen MR) is 79.3 cm³/mol. The molecule has 0 aromatic carbocycles. The van der Waals surface area contributed by atoms with E-state index in [0.29, 0.717) is 39.1 Å². The standard InChI is InChI=1S/C15H19F3N4O2/c16-15(17,18)12-7-13(20-9-19-12)22-4-1-11(2-5-22)21-14(23)10-3-6-24-8-10/h7,9-11H,1-6,8H2,(H,21,23)/t10-/m1/s1. The van der Waals surface area contributed by atoms with Gasteiger partial charge in [0.1, 0.15) is 17.8 Å². The zero-order valence-electron chi connectivity index (χ0n) is 13.1. The Labute approximate surface area is 137 Å². The van der Waals surface area contributed by atoms with Gasteiger partial charge in [0.25, 0.3) is 0 Å². The van der Waals surface area contributed by atoms with Gasteiger partial charge in [0.2, 0.25) is 5.91 Å². The molecule has 2 aliphatic heterocycles. The third-order valence-electron chi connectivity index (χ3n) is 4.41. The van der Waals surface area contributed by atoms with Crippen LogP contribution >= 0.6 is 0 Å². The van der Waals surface area contributed by atoms with Crippen molar-refractivity contribution < 1.29 is 22.7 Å². The van der Waals surface area contributed by atoms with Crippen molar-refractivity contribution in [2.75, 3.05) is 31.2 Å². The lowest BCUT2D eigenvalue weighted by Crippen LogP contribution is -2.46. The summed E-state index contributed by atoms with van der Waals surface area (Å²) in [5.74, 6) is 0.192. The summed E-state index contributed by atoms with van der Waals surface area (Å²) < 4.78 is 43.4. The van der Waals surface area contributed by atoms with Crippen LogP contribution in [0.15, 0.2) is 12.4 Å². The van der Waals surface area contributed by atoms with E-state index in [-0.39, 0.29) is 23.7 Å². The van der Waals surface area contributed by atoms with Gasteiger partial charge in [-0.15, -0.1) is 0 Å². The average Bonchev–Trinajstić information content (AvgIpc) is 3.09. The maximum atomic E-state index is 12.7. The van der Waals surface area contributed by atoms with Crippen LogP contribution in [-0.4, -0.2) is 48.2 Å². The number of amides is 1. The molecule has 6 nitrogen and oxygen atoms in total. The van der Waals surface area contributed by atoms with Gasteiger partial charge in [-0.2, -0.15) is 13.2 Å². The summed E-state index contributed by atoms with van der Waals surface area (Å²) in [6.45, 7) is 2.17. The van der Waals surface area contributed by atoms with Crippen LogP contribution in [0.3, 0.4) is 0 Å². The number of nitrogens with zero attached hydrogens (tertiary/aromatic N) is 3. The van der Waals surface area contributed by atoms with Crippen LogP contribution in [0.1, 0.15) is 25.0 Å². The number of anilines is 1. The molecule has 1 aromatic rings. The van der Waals surface area contributed by atoms with E-state index in [0.717, 1.165) is 18.8 Å². The first-order valence-electron chi connectivity index (χ1n) is 7.96. The van der Waals surface area contributed by atoms with Crippen molar-refractivity contribution in [3.63, 3.8) is 0 Å². The quantitative estimate of drug-likeness (QED) is 0.902. The molecule has 2 fully saturated rings. The van der Waals surface area contributed by atoms with Gasteiger partial charge < -0.3 is 15.0 Å². The van der Waals surface area contributed by atoms with E-state index in [2.05, 4.69) is 15.3 Å². The molecule has 1 amide bonds. The van der Waals surface area contributed by atoms with Crippen LogP contribution in [-0.2, 0) is 15.7 Å². The van der Waals surface area contributed by atoms with Crippen LogP contribution < -0.4 is 10.2 Å². The first-order valence-corrected chi connectivity index (χ1v) is 7.96. The maximum Gasteiger partial charge on any atom is 0.433 e. The number of carbonyl (C=O) groups excluding carboxylic acids is 1. The number of nitrogens with one attached hydrogen (secondary N) is 1. The number of hydrogen-bond acceptors (Lipinski definition) is 5. The summed E-state index contributed by atoms with van der Waals surface area (Å²) in [5, 5.41) is 3.01. The van der Waals surface area contributed by atoms with E-state index in [9.17, 15) is 18.0 Å². The lowest BCUT2D eigenvalue weighted by Gasteiger charge is -2.33. The van der Waals surface area contributed by atoms with E-state index in [1.54, 1.807) is 4.90 Å². The van der Waals surface area contributed by atoms with Crippen molar-refractivity contribution in [2.24, 2.45) is 5.92 Å². The lowest BCUT2D eigenvalue weighted by atomic mass is 10.0. The molecule has 1 N–H and O–H groups in total. The molecule has 24 heavy (non-hydrogen) atoms. The van der Waals surface area contributed by atoms with Gasteiger partial charge in [-0.05, 0) is 19.3 Å². The van der Waals surface area contributed by atoms with Crippen LogP contribution in [0.2, 0.25) is 0 Å². The van der Waals surface area contributed by atoms with Crippen molar-refractivity contribution >= 4 is 11.7 Å². The van der Waals surface area contributed by atoms with Crippen molar-refractivity contribution in [3.8, 4) is 0 Å². The molecule has 3 rings (SSSR count). The maximum absolute atomic E-state index is 12.7. The molecular formula is C15H19F3N4O2. The molecule has 0 saturated carbocycles. The van der Waals surface area contributed by atoms with Crippen LogP contribution in [0, 0.1) is 5.92 Å². The van der Waals surface area contributed by atoms with Crippen molar-refractivity contribution in [1.29, 1.82) is 0 Å². The van der Waals surface area contributed by atoms with E-state index in [4.69, 9.17) is 4.74 Å². The van der Waals surface area contributed by atoms with Gasteiger partial charge in [0.05, 0.1) is 12.5 Å². The Morgan fingerprint density at radius 3 is 2.62 bits per heavy atom. The van der Waals surface area contributed by atoms with Gasteiger partial charge in [0, 0.05) is 31.8 Å². The Bertz CT molecular complexity index is 582. The molecule has 0 bridgehead atoms. The summed E-state index contributed by atoms with van der Waals surface area (Å²) in [7, 11) is 0. The molecule has 9 heteroatoms. The molecule has 3 heterocycles. The summed E-state index contributed by atoms with van der Waals surface area (Å²) in [6, 6.07) is 1.01. The lowest BCUT2D eigenvalue weighted by molar-refractivity contribution is -0.141. The van der Waals surface area contributed by atoms with Crippen molar-refractivity contribution in [2.45, 2.75) is 31.5 Å². The van der Waals surface area contributed by atoms with Crippen molar-refractivity contribution in [1.82, 2.24) is 15.3 Å². The summed E-state index contributed by atoms with van der Waals surface area (Å²) in [5.41, 5.74) is -0.941. The topological polar surface area (TPSA) is 67.4 Å². The Hall–Kier alpha value is -1.90. The third kappa shape index (κ3) is 3.95. The minimum atomic E-state index is -4.48. The highest BCUT2D eigenvalue weighted by atomic mass is 19.4. The molecule has 0 aliphatic carbocycles. The normalized spacial score (nSPS) is 22.6. The summed E-state index contributed by atoms with van der Waals surface area (Å²) in [6.07, 6.45) is -1.46. The molecule has 0 radical (unpaired) electrons. The number of halogens is 3. The Morgan fingerprint density at radius 2 is 2.00 bits per heavy atom. The van der Waals surface area contributed by atoms with E-state index >= 15 is 0 Å².